The number of rotatable bonds is 8. The van der Waals surface area contributed by atoms with Crippen LogP contribution in [-0.2, 0) is 22.4 Å². The molecule has 0 radical (unpaired) electrons. The van der Waals surface area contributed by atoms with Crippen LogP contribution in [0.2, 0.25) is 0 Å². The Morgan fingerprint density at radius 1 is 1.16 bits per heavy atom. The first-order chi connectivity index (χ1) is 11.6. The first-order valence-electron chi connectivity index (χ1n) is 8.95. The number of carbonyl (C=O) groups is 2. The predicted molar refractivity (Wildman–Crippen MR) is 97.8 cm³/mol. The summed E-state index contributed by atoms with van der Waals surface area (Å²) in [4.78, 5) is 28.1. The van der Waals surface area contributed by atoms with Crippen LogP contribution in [0.25, 0.3) is 0 Å². The Morgan fingerprint density at radius 2 is 1.80 bits per heavy atom. The monoisotopic (exact) mass is 352 g/mol. The van der Waals surface area contributed by atoms with Crippen molar-refractivity contribution in [3.63, 3.8) is 0 Å². The van der Waals surface area contributed by atoms with Crippen LogP contribution in [0.3, 0.4) is 0 Å². The average molecular weight is 352 g/mol. The van der Waals surface area contributed by atoms with Gasteiger partial charge in [-0.15, -0.1) is 0 Å². The molecule has 25 heavy (non-hydrogen) atoms. The lowest BCUT2D eigenvalue weighted by atomic mass is 10.1. The number of esters is 2. The summed E-state index contributed by atoms with van der Waals surface area (Å²) in [6, 6.07) is 0. The van der Waals surface area contributed by atoms with Crippen molar-refractivity contribution in [1.82, 2.24) is 10.3 Å². The van der Waals surface area contributed by atoms with E-state index in [2.05, 4.69) is 24.1 Å². The SMILES string of the molecule is CCOC(=O)c1c(CNCC(C)C)[nH]c(C(=O)OC(C)(C)C)c1CC. The van der Waals surface area contributed by atoms with Crippen molar-refractivity contribution in [1.29, 1.82) is 0 Å². The third-order valence-corrected chi connectivity index (χ3v) is 3.47. The van der Waals surface area contributed by atoms with Crippen LogP contribution < -0.4 is 5.32 Å². The number of aromatic nitrogens is 1. The molecular formula is C19H32N2O4. The molecule has 6 heteroatoms. The van der Waals surface area contributed by atoms with E-state index < -0.39 is 17.5 Å². The summed E-state index contributed by atoms with van der Waals surface area (Å²) in [7, 11) is 0. The summed E-state index contributed by atoms with van der Waals surface area (Å²) in [5, 5.41) is 3.30. The summed E-state index contributed by atoms with van der Waals surface area (Å²) in [6.07, 6.45) is 0.531. The normalized spacial score (nSPS) is 11.7. The van der Waals surface area contributed by atoms with E-state index in [0.717, 1.165) is 6.54 Å². The second kappa shape index (κ2) is 9.04. The van der Waals surface area contributed by atoms with E-state index in [1.807, 2.05) is 27.7 Å². The lowest BCUT2D eigenvalue weighted by Gasteiger charge is -2.19. The van der Waals surface area contributed by atoms with E-state index in [-0.39, 0.29) is 6.61 Å². The fourth-order valence-electron chi connectivity index (χ4n) is 2.52. The third-order valence-electron chi connectivity index (χ3n) is 3.47. The highest BCUT2D eigenvalue weighted by molar-refractivity contribution is 5.98. The molecule has 1 aromatic rings. The maximum absolute atomic E-state index is 12.5. The van der Waals surface area contributed by atoms with Crippen LogP contribution in [0.1, 0.15) is 80.6 Å². The van der Waals surface area contributed by atoms with Gasteiger partial charge in [0.1, 0.15) is 11.3 Å². The van der Waals surface area contributed by atoms with E-state index in [1.54, 1.807) is 6.92 Å². The Labute approximate surface area is 150 Å². The maximum atomic E-state index is 12.5. The lowest BCUT2D eigenvalue weighted by molar-refractivity contribution is 0.00622. The van der Waals surface area contributed by atoms with Crippen molar-refractivity contribution >= 4 is 11.9 Å². The number of ether oxygens (including phenoxy) is 2. The van der Waals surface area contributed by atoms with Crippen molar-refractivity contribution in [2.75, 3.05) is 13.2 Å². The molecule has 0 amide bonds. The Balaban J connectivity index is 3.24. The number of nitrogens with one attached hydrogen (secondary N) is 2. The lowest BCUT2D eigenvalue weighted by Crippen LogP contribution is -2.25. The standard InChI is InChI=1S/C19H32N2O4/c1-8-13-15(17(22)24-9-2)14(11-20-10-12(3)4)21-16(13)18(23)25-19(5,6)7/h12,20-21H,8-11H2,1-7H3. The van der Waals surface area contributed by atoms with Gasteiger partial charge < -0.3 is 19.8 Å². The van der Waals surface area contributed by atoms with E-state index in [4.69, 9.17) is 9.47 Å². The van der Waals surface area contributed by atoms with E-state index in [9.17, 15) is 9.59 Å². The Bertz CT molecular complexity index is 597. The van der Waals surface area contributed by atoms with Gasteiger partial charge in [0.05, 0.1) is 12.2 Å². The molecule has 0 aliphatic heterocycles. The highest BCUT2D eigenvalue weighted by Gasteiger charge is 2.28. The molecule has 0 atom stereocenters. The molecule has 1 aromatic heterocycles. The minimum atomic E-state index is -0.604. The molecule has 0 saturated carbocycles. The van der Waals surface area contributed by atoms with Gasteiger partial charge >= 0.3 is 11.9 Å². The van der Waals surface area contributed by atoms with Gasteiger partial charge in [-0.1, -0.05) is 20.8 Å². The Kier molecular flexibility index (Phi) is 7.67. The fourth-order valence-corrected chi connectivity index (χ4v) is 2.52. The van der Waals surface area contributed by atoms with Crippen LogP contribution >= 0.6 is 0 Å². The minimum Gasteiger partial charge on any atom is -0.462 e. The quantitative estimate of drug-likeness (QED) is 0.700. The van der Waals surface area contributed by atoms with Crippen LogP contribution in [0, 0.1) is 5.92 Å². The van der Waals surface area contributed by atoms with E-state index in [0.29, 0.717) is 41.4 Å². The minimum absolute atomic E-state index is 0.286. The molecule has 0 aliphatic carbocycles. The molecule has 2 N–H and O–H groups in total. The molecule has 0 saturated heterocycles. The number of aromatic amines is 1. The van der Waals surface area contributed by atoms with Gasteiger partial charge in [0.25, 0.3) is 0 Å². The third kappa shape index (κ3) is 6.20. The second-order valence-electron chi connectivity index (χ2n) is 7.43. The number of hydrogen-bond acceptors (Lipinski definition) is 5. The molecule has 1 rings (SSSR count). The van der Waals surface area contributed by atoms with Gasteiger partial charge in [0.2, 0.25) is 0 Å². The maximum Gasteiger partial charge on any atom is 0.355 e. The molecule has 142 valence electrons. The largest absolute Gasteiger partial charge is 0.462 e. The van der Waals surface area contributed by atoms with Crippen molar-refractivity contribution < 1.29 is 19.1 Å². The number of H-pyrrole nitrogens is 1. The van der Waals surface area contributed by atoms with Gasteiger partial charge in [-0.25, -0.2) is 9.59 Å². The number of carbonyl (C=O) groups excluding carboxylic acids is 2. The average Bonchev–Trinajstić information content (AvgIpc) is 2.84. The first-order valence-corrected chi connectivity index (χ1v) is 8.95. The smallest absolute Gasteiger partial charge is 0.355 e. The highest BCUT2D eigenvalue weighted by Crippen LogP contribution is 2.24. The summed E-state index contributed by atoms with van der Waals surface area (Å²) in [5.74, 6) is -0.381. The molecule has 0 bridgehead atoms. The van der Waals surface area contributed by atoms with Crippen LogP contribution in [0.4, 0.5) is 0 Å². The molecule has 0 aliphatic rings. The Hall–Kier alpha value is -1.82. The van der Waals surface area contributed by atoms with Gasteiger partial charge in [0.15, 0.2) is 0 Å². The van der Waals surface area contributed by atoms with Crippen LogP contribution in [-0.4, -0.2) is 35.7 Å². The summed E-state index contributed by atoms with van der Waals surface area (Å²) in [6.45, 7) is 14.9. The summed E-state index contributed by atoms with van der Waals surface area (Å²) >= 11 is 0. The molecule has 0 spiro atoms. The molecule has 6 nitrogen and oxygen atoms in total. The highest BCUT2D eigenvalue weighted by atomic mass is 16.6. The molecular weight excluding hydrogens is 320 g/mol. The zero-order valence-electron chi connectivity index (χ0n) is 16.5. The topological polar surface area (TPSA) is 80.4 Å². The van der Waals surface area contributed by atoms with Gasteiger partial charge in [-0.3, -0.25) is 0 Å². The van der Waals surface area contributed by atoms with Crippen molar-refractivity contribution in [2.24, 2.45) is 5.92 Å². The van der Waals surface area contributed by atoms with Crippen molar-refractivity contribution in [3.8, 4) is 0 Å². The van der Waals surface area contributed by atoms with E-state index >= 15 is 0 Å². The van der Waals surface area contributed by atoms with Crippen molar-refractivity contribution in [3.05, 3.63) is 22.5 Å². The van der Waals surface area contributed by atoms with Gasteiger partial charge in [0, 0.05) is 12.2 Å². The molecule has 0 fully saturated rings. The second-order valence-corrected chi connectivity index (χ2v) is 7.43. The predicted octanol–water partition coefficient (Wildman–Crippen LogP) is 3.45. The fraction of sp³-hybridized carbons (Fsp3) is 0.684. The van der Waals surface area contributed by atoms with Crippen molar-refractivity contribution in [2.45, 2.75) is 67.0 Å². The Morgan fingerprint density at radius 3 is 2.28 bits per heavy atom. The van der Waals surface area contributed by atoms with Crippen LogP contribution in [0.5, 0.6) is 0 Å². The number of hydrogen-bond donors (Lipinski definition) is 2. The van der Waals surface area contributed by atoms with E-state index in [1.165, 1.54) is 0 Å². The zero-order valence-corrected chi connectivity index (χ0v) is 16.5. The molecule has 0 unspecified atom stereocenters. The summed E-state index contributed by atoms with van der Waals surface area (Å²) < 4.78 is 10.7. The summed E-state index contributed by atoms with van der Waals surface area (Å²) in [5.41, 5.74) is 1.49. The first kappa shape index (κ1) is 21.2. The van der Waals surface area contributed by atoms with Crippen LogP contribution in [0.15, 0.2) is 0 Å². The van der Waals surface area contributed by atoms with Gasteiger partial charge in [-0.2, -0.15) is 0 Å². The zero-order chi connectivity index (χ0) is 19.2. The molecule has 1 heterocycles. The van der Waals surface area contributed by atoms with Gasteiger partial charge in [-0.05, 0) is 52.1 Å². The molecule has 0 aromatic carbocycles.